The van der Waals surface area contributed by atoms with Crippen molar-refractivity contribution >= 4 is 18.0 Å². The van der Waals surface area contributed by atoms with E-state index >= 15 is 0 Å². The SMILES string of the molecule is CCCOC1=CC=NN(Cl)N1. The van der Waals surface area contributed by atoms with Gasteiger partial charge in [0.2, 0.25) is 5.88 Å². The quantitative estimate of drug-likeness (QED) is 0.656. The maximum absolute atomic E-state index is 5.49. The summed E-state index contributed by atoms with van der Waals surface area (Å²) in [7, 11) is 0. The van der Waals surface area contributed by atoms with Gasteiger partial charge in [-0.25, -0.2) is 5.43 Å². The molecule has 1 rings (SSSR count). The van der Waals surface area contributed by atoms with Gasteiger partial charge in [-0.1, -0.05) is 6.92 Å². The van der Waals surface area contributed by atoms with Gasteiger partial charge in [-0.2, -0.15) is 0 Å². The first kappa shape index (κ1) is 8.20. The molecule has 5 heteroatoms. The lowest BCUT2D eigenvalue weighted by Crippen LogP contribution is -2.28. The number of ether oxygens (including phenoxy) is 1. The summed E-state index contributed by atoms with van der Waals surface area (Å²) in [4.78, 5) is 0. The minimum absolute atomic E-state index is 0.622. The number of hydrazine groups is 1. The summed E-state index contributed by atoms with van der Waals surface area (Å²) in [6.45, 7) is 2.72. The first-order chi connectivity index (χ1) is 5.33. The lowest BCUT2D eigenvalue weighted by Gasteiger charge is -2.17. The fourth-order valence-electron chi connectivity index (χ4n) is 0.609. The van der Waals surface area contributed by atoms with Crippen molar-refractivity contribution < 1.29 is 4.74 Å². The second kappa shape index (κ2) is 4.08. The van der Waals surface area contributed by atoms with E-state index in [1.54, 1.807) is 12.3 Å². The lowest BCUT2D eigenvalue weighted by molar-refractivity contribution is 0.156. The van der Waals surface area contributed by atoms with E-state index in [4.69, 9.17) is 16.5 Å². The van der Waals surface area contributed by atoms with Crippen molar-refractivity contribution in [1.29, 1.82) is 0 Å². The molecule has 0 spiro atoms. The normalized spacial score (nSPS) is 15.8. The van der Waals surface area contributed by atoms with Crippen molar-refractivity contribution in [1.82, 2.24) is 10.1 Å². The van der Waals surface area contributed by atoms with Gasteiger partial charge < -0.3 is 4.74 Å². The fourth-order valence-corrected chi connectivity index (χ4v) is 0.743. The standard InChI is InChI=1S/C6H10ClN3O/c1-2-5-11-6-3-4-8-10(7)9-6/h3-4,9H,2,5H2,1H3. The molecule has 0 unspecified atom stereocenters. The van der Waals surface area contributed by atoms with E-state index in [9.17, 15) is 0 Å². The van der Waals surface area contributed by atoms with Crippen LogP contribution in [0.1, 0.15) is 13.3 Å². The zero-order chi connectivity index (χ0) is 8.10. The van der Waals surface area contributed by atoms with Gasteiger partial charge in [0.25, 0.3) is 0 Å². The van der Waals surface area contributed by atoms with Gasteiger partial charge in [-0.05, 0) is 6.42 Å². The van der Waals surface area contributed by atoms with Crippen LogP contribution in [0.5, 0.6) is 0 Å². The molecule has 0 amide bonds. The van der Waals surface area contributed by atoms with Crippen molar-refractivity contribution in [2.45, 2.75) is 13.3 Å². The number of hydrogen-bond donors (Lipinski definition) is 1. The van der Waals surface area contributed by atoms with Crippen LogP contribution in [-0.4, -0.2) is 17.5 Å². The molecule has 0 aromatic rings. The molecule has 0 fully saturated rings. The Labute approximate surface area is 70.5 Å². The van der Waals surface area contributed by atoms with Crippen LogP contribution in [0.25, 0.3) is 0 Å². The Balaban J connectivity index is 2.33. The van der Waals surface area contributed by atoms with Crippen LogP contribution in [0.4, 0.5) is 0 Å². The minimum Gasteiger partial charge on any atom is -0.478 e. The van der Waals surface area contributed by atoms with Crippen molar-refractivity contribution in [3.05, 3.63) is 12.0 Å². The van der Waals surface area contributed by atoms with E-state index in [0.29, 0.717) is 12.5 Å². The second-order valence-electron chi connectivity index (χ2n) is 2.02. The lowest BCUT2D eigenvalue weighted by atomic mass is 10.5. The van der Waals surface area contributed by atoms with E-state index in [1.807, 2.05) is 6.92 Å². The van der Waals surface area contributed by atoms with Gasteiger partial charge >= 0.3 is 0 Å². The Morgan fingerprint density at radius 2 is 2.64 bits per heavy atom. The molecule has 0 saturated heterocycles. The van der Waals surface area contributed by atoms with Crippen LogP contribution in [0.3, 0.4) is 0 Å². The van der Waals surface area contributed by atoms with E-state index in [0.717, 1.165) is 11.1 Å². The molecule has 0 saturated carbocycles. The molecule has 1 N–H and O–H groups in total. The van der Waals surface area contributed by atoms with Gasteiger partial charge in [0.15, 0.2) is 0 Å². The van der Waals surface area contributed by atoms with Crippen LogP contribution >= 0.6 is 11.8 Å². The van der Waals surface area contributed by atoms with Gasteiger partial charge in [0, 0.05) is 6.08 Å². The second-order valence-corrected chi connectivity index (χ2v) is 2.34. The number of allylic oxidation sites excluding steroid dienone is 1. The van der Waals surface area contributed by atoms with Crippen LogP contribution in [0.15, 0.2) is 17.1 Å². The molecule has 1 aliphatic rings. The van der Waals surface area contributed by atoms with E-state index in [-0.39, 0.29) is 0 Å². The number of rotatable bonds is 3. The van der Waals surface area contributed by atoms with E-state index in [2.05, 4.69) is 10.5 Å². The Bertz CT molecular complexity index is 181. The monoisotopic (exact) mass is 175 g/mol. The molecule has 0 aliphatic carbocycles. The molecular weight excluding hydrogens is 166 g/mol. The minimum atomic E-state index is 0.622. The summed E-state index contributed by atoms with van der Waals surface area (Å²) in [5.41, 5.74) is 2.69. The first-order valence-corrected chi connectivity index (χ1v) is 3.76. The molecule has 1 heterocycles. The predicted molar refractivity (Wildman–Crippen MR) is 43.6 cm³/mol. The molecule has 4 nitrogen and oxygen atoms in total. The molecule has 62 valence electrons. The molecule has 0 radical (unpaired) electrons. The highest BCUT2D eigenvalue weighted by molar-refractivity contribution is 6.13. The van der Waals surface area contributed by atoms with Gasteiger partial charge in [-0.15, -0.1) is 9.74 Å². The van der Waals surface area contributed by atoms with Gasteiger partial charge in [-0.3, -0.25) is 0 Å². The van der Waals surface area contributed by atoms with E-state index < -0.39 is 0 Å². The molecule has 0 aromatic carbocycles. The predicted octanol–water partition coefficient (Wildman–Crippen LogP) is 1.21. The molecule has 0 atom stereocenters. The number of nitrogens with zero attached hydrogens (tertiary/aromatic N) is 2. The average Bonchev–Trinajstić information content (AvgIpc) is 2.01. The van der Waals surface area contributed by atoms with Crippen molar-refractivity contribution in [3.8, 4) is 0 Å². The summed E-state index contributed by atoms with van der Waals surface area (Å²) < 4.78 is 6.31. The summed E-state index contributed by atoms with van der Waals surface area (Å²) in [5.74, 6) is 0.622. The first-order valence-electron chi connectivity index (χ1n) is 3.42. The summed E-state index contributed by atoms with van der Waals surface area (Å²) in [5, 5.41) is 3.69. The van der Waals surface area contributed by atoms with Gasteiger partial charge in [0.05, 0.1) is 24.6 Å². The molecule has 1 aliphatic heterocycles. The third-order valence-electron chi connectivity index (χ3n) is 1.06. The Morgan fingerprint density at radius 3 is 3.27 bits per heavy atom. The van der Waals surface area contributed by atoms with Crippen molar-refractivity contribution in [2.24, 2.45) is 5.10 Å². The molecule has 0 bridgehead atoms. The van der Waals surface area contributed by atoms with Crippen LogP contribution < -0.4 is 5.43 Å². The highest BCUT2D eigenvalue weighted by Crippen LogP contribution is 2.02. The summed E-state index contributed by atoms with van der Waals surface area (Å²) >= 11 is 5.49. The van der Waals surface area contributed by atoms with E-state index in [1.165, 1.54) is 0 Å². The van der Waals surface area contributed by atoms with Gasteiger partial charge in [0.1, 0.15) is 0 Å². The van der Waals surface area contributed by atoms with Crippen LogP contribution in [-0.2, 0) is 4.74 Å². The highest BCUT2D eigenvalue weighted by atomic mass is 35.5. The number of halogens is 1. The third-order valence-corrected chi connectivity index (χ3v) is 1.23. The largest absolute Gasteiger partial charge is 0.478 e. The Kier molecular flexibility index (Phi) is 3.04. The highest BCUT2D eigenvalue weighted by Gasteiger charge is 2.03. The smallest absolute Gasteiger partial charge is 0.209 e. The number of hydrogen-bond acceptors (Lipinski definition) is 4. The van der Waals surface area contributed by atoms with Crippen LogP contribution in [0.2, 0.25) is 0 Å². The Hall–Kier alpha value is -0.900. The number of nitrogens with one attached hydrogen (secondary N) is 1. The average molecular weight is 176 g/mol. The Morgan fingerprint density at radius 1 is 1.82 bits per heavy atom. The van der Waals surface area contributed by atoms with Crippen LogP contribution in [0, 0.1) is 0 Å². The topological polar surface area (TPSA) is 36.9 Å². The molecule has 11 heavy (non-hydrogen) atoms. The van der Waals surface area contributed by atoms with Crippen molar-refractivity contribution in [2.75, 3.05) is 6.61 Å². The zero-order valence-corrected chi connectivity index (χ0v) is 7.01. The number of hydrazone groups is 1. The molecule has 0 aromatic heterocycles. The zero-order valence-electron chi connectivity index (χ0n) is 6.25. The summed E-state index contributed by atoms with van der Waals surface area (Å²) in [6, 6.07) is 0. The fraction of sp³-hybridized carbons (Fsp3) is 0.500. The maximum Gasteiger partial charge on any atom is 0.209 e. The summed E-state index contributed by atoms with van der Waals surface area (Å²) in [6.07, 6.45) is 4.25. The maximum atomic E-state index is 5.49. The third kappa shape index (κ3) is 2.67. The van der Waals surface area contributed by atoms with Crippen molar-refractivity contribution in [3.63, 3.8) is 0 Å². The molecular formula is C6H10ClN3O.